The van der Waals surface area contributed by atoms with Crippen molar-refractivity contribution in [3.8, 4) is 23.0 Å². The Kier molecular flexibility index (Phi) is 3.22. The first kappa shape index (κ1) is 12.6. The molecule has 0 atom stereocenters. The van der Waals surface area contributed by atoms with Crippen LogP contribution in [0.15, 0.2) is 33.2 Å². The van der Waals surface area contributed by atoms with Gasteiger partial charge in [0.2, 0.25) is 0 Å². The molecule has 0 radical (unpaired) electrons. The van der Waals surface area contributed by atoms with Crippen LogP contribution in [0.4, 0.5) is 0 Å². The van der Waals surface area contributed by atoms with Gasteiger partial charge in [-0.2, -0.15) is 0 Å². The Bertz CT molecular complexity index is 548. The van der Waals surface area contributed by atoms with Crippen molar-refractivity contribution in [1.29, 1.82) is 0 Å². The van der Waals surface area contributed by atoms with Crippen molar-refractivity contribution in [3.63, 3.8) is 0 Å². The molecule has 2 nitrogen and oxygen atoms in total. The van der Waals surface area contributed by atoms with Gasteiger partial charge >= 0.3 is 0 Å². The molecule has 2 aromatic rings. The van der Waals surface area contributed by atoms with Crippen LogP contribution in [0.3, 0.4) is 0 Å². The van der Waals surface area contributed by atoms with Gasteiger partial charge in [-0.05, 0) is 31.9 Å². The number of fused-ring (bicyclic) bond motifs is 2. The van der Waals surface area contributed by atoms with Crippen LogP contribution in [0, 0.1) is 0 Å². The quantitative estimate of drug-likeness (QED) is 0.426. The fourth-order valence-corrected chi connectivity index (χ4v) is 2.53. The summed E-state index contributed by atoms with van der Waals surface area (Å²) in [4.78, 5) is 0. The zero-order valence-electron chi connectivity index (χ0n) is 8.64. The van der Waals surface area contributed by atoms with Crippen molar-refractivity contribution >= 4 is 55.1 Å². The second-order valence-corrected chi connectivity index (χ2v) is 6.15. The normalized spacial score (nSPS) is 12.2. The molecule has 0 saturated heterocycles. The van der Waals surface area contributed by atoms with Crippen molar-refractivity contribution < 1.29 is 9.47 Å². The number of hydrogen-bond donors (Lipinski definition) is 0. The van der Waals surface area contributed by atoms with Crippen LogP contribution in [0.5, 0.6) is 23.0 Å². The molecule has 18 heavy (non-hydrogen) atoms. The molecule has 1 aliphatic rings. The summed E-state index contributed by atoms with van der Waals surface area (Å²) in [7, 11) is 0. The number of ether oxygens (including phenoxy) is 2. The second kappa shape index (κ2) is 4.60. The van der Waals surface area contributed by atoms with Crippen LogP contribution in [0.1, 0.15) is 0 Å². The Morgan fingerprint density at radius 1 is 0.667 bits per heavy atom. The van der Waals surface area contributed by atoms with Gasteiger partial charge in [0.25, 0.3) is 0 Å². The maximum absolute atomic E-state index is 5.94. The van der Waals surface area contributed by atoms with Crippen molar-refractivity contribution in [1.82, 2.24) is 0 Å². The predicted molar refractivity (Wildman–Crippen MR) is 78.5 cm³/mol. The largest absolute Gasteiger partial charge is 0.449 e. The number of rotatable bonds is 0. The van der Waals surface area contributed by atoms with E-state index in [0.717, 1.165) is 8.95 Å². The van der Waals surface area contributed by atoms with Gasteiger partial charge in [0.1, 0.15) is 0 Å². The highest BCUT2D eigenvalue weighted by Gasteiger charge is 2.21. The van der Waals surface area contributed by atoms with Gasteiger partial charge in [0.15, 0.2) is 23.0 Å². The molecule has 0 saturated carbocycles. The van der Waals surface area contributed by atoms with Gasteiger partial charge in [-0.1, -0.05) is 23.2 Å². The SMILES string of the molecule is Clc1cc2c(cc1Cl)Oc1cc(Br)c(Br)cc1O2. The van der Waals surface area contributed by atoms with E-state index >= 15 is 0 Å². The number of halogens is 4. The van der Waals surface area contributed by atoms with E-state index in [0.29, 0.717) is 33.0 Å². The fraction of sp³-hybridized carbons (Fsp3) is 0. The van der Waals surface area contributed by atoms with Crippen LogP contribution in [-0.4, -0.2) is 0 Å². The lowest BCUT2D eigenvalue weighted by molar-refractivity contribution is 0.359. The topological polar surface area (TPSA) is 18.5 Å². The lowest BCUT2D eigenvalue weighted by Gasteiger charge is -2.21. The molecule has 0 fully saturated rings. The number of hydrogen-bond acceptors (Lipinski definition) is 2. The molecule has 1 heterocycles. The standard InChI is InChI=1S/C12H4Br2Cl2O2/c13-5-1-9-10(2-6(5)14)18-12-4-8(16)7(15)3-11(12)17-9/h1-4H. The summed E-state index contributed by atoms with van der Waals surface area (Å²) >= 11 is 18.7. The summed E-state index contributed by atoms with van der Waals surface area (Å²) in [6.45, 7) is 0. The fourth-order valence-electron chi connectivity index (χ4n) is 1.58. The van der Waals surface area contributed by atoms with Crippen LogP contribution in [0.2, 0.25) is 10.0 Å². The average Bonchev–Trinajstić information content (AvgIpc) is 2.31. The highest BCUT2D eigenvalue weighted by atomic mass is 79.9. The van der Waals surface area contributed by atoms with Gasteiger partial charge < -0.3 is 9.47 Å². The molecule has 92 valence electrons. The molecular formula is C12H4Br2Cl2O2. The summed E-state index contributed by atoms with van der Waals surface area (Å²) in [6, 6.07) is 6.92. The smallest absolute Gasteiger partial charge is 0.171 e. The first-order valence-corrected chi connectivity index (χ1v) is 7.22. The third-order valence-electron chi connectivity index (χ3n) is 2.41. The molecule has 0 aromatic heterocycles. The van der Waals surface area contributed by atoms with Gasteiger partial charge in [-0.3, -0.25) is 0 Å². The second-order valence-electron chi connectivity index (χ2n) is 3.63. The van der Waals surface area contributed by atoms with E-state index in [1.807, 2.05) is 12.1 Å². The third-order valence-corrected chi connectivity index (χ3v) is 4.98. The van der Waals surface area contributed by atoms with E-state index in [-0.39, 0.29) is 0 Å². The minimum atomic E-state index is 0.429. The summed E-state index contributed by atoms with van der Waals surface area (Å²) in [6.07, 6.45) is 0. The molecule has 0 unspecified atom stereocenters. The molecular weight excluding hydrogens is 407 g/mol. The molecule has 1 aliphatic heterocycles. The van der Waals surface area contributed by atoms with Crippen LogP contribution in [-0.2, 0) is 0 Å². The van der Waals surface area contributed by atoms with Crippen LogP contribution < -0.4 is 9.47 Å². The maximum Gasteiger partial charge on any atom is 0.171 e. The van der Waals surface area contributed by atoms with Crippen molar-refractivity contribution in [2.24, 2.45) is 0 Å². The Labute approximate surface area is 130 Å². The molecule has 0 bridgehead atoms. The Hall–Kier alpha value is -0.420. The van der Waals surface area contributed by atoms with Crippen LogP contribution in [0.25, 0.3) is 0 Å². The van der Waals surface area contributed by atoms with Crippen molar-refractivity contribution in [2.45, 2.75) is 0 Å². The third kappa shape index (κ3) is 2.11. The highest BCUT2D eigenvalue weighted by molar-refractivity contribution is 9.13. The summed E-state index contributed by atoms with van der Waals surface area (Å²) in [5.41, 5.74) is 0. The van der Waals surface area contributed by atoms with Gasteiger partial charge in [-0.25, -0.2) is 0 Å². The first-order valence-electron chi connectivity index (χ1n) is 4.88. The van der Waals surface area contributed by atoms with E-state index < -0.39 is 0 Å². The average molecular weight is 411 g/mol. The number of benzene rings is 2. The lowest BCUT2D eigenvalue weighted by atomic mass is 10.2. The summed E-state index contributed by atoms with van der Waals surface area (Å²) < 4.78 is 13.2. The van der Waals surface area contributed by atoms with E-state index in [9.17, 15) is 0 Å². The highest BCUT2D eigenvalue weighted by Crippen LogP contribution is 2.49. The van der Waals surface area contributed by atoms with Gasteiger partial charge in [0.05, 0.1) is 10.0 Å². The molecule has 0 spiro atoms. The zero-order valence-corrected chi connectivity index (χ0v) is 13.3. The summed E-state index contributed by atoms with van der Waals surface area (Å²) in [5, 5.41) is 0.859. The lowest BCUT2D eigenvalue weighted by Crippen LogP contribution is -1.99. The van der Waals surface area contributed by atoms with Crippen LogP contribution >= 0.6 is 55.1 Å². The van der Waals surface area contributed by atoms with E-state index in [1.165, 1.54) is 0 Å². The van der Waals surface area contributed by atoms with E-state index in [2.05, 4.69) is 31.9 Å². The molecule has 0 amide bonds. The molecule has 0 aliphatic carbocycles. The monoisotopic (exact) mass is 408 g/mol. The molecule has 3 rings (SSSR count). The minimum absolute atomic E-state index is 0.429. The minimum Gasteiger partial charge on any atom is -0.449 e. The van der Waals surface area contributed by atoms with Crippen molar-refractivity contribution in [2.75, 3.05) is 0 Å². The molecule has 6 heteroatoms. The molecule has 2 aromatic carbocycles. The zero-order chi connectivity index (χ0) is 12.9. The Morgan fingerprint density at radius 2 is 1.00 bits per heavy atom. The molecule has 0 N–H and O–H groups in total. The Balaban J connectivity index is 2.12. The van der Waals surface area contributed by atoms with E-state index in [1.54, 1.807) is 12.1 Å². The van der Waals surface area contributed by atoms with Gasteiger partial charge in [-0.15, -0.1) is 0 Å². The maximum atomic E-state index is 5.94. The van der Waals surface area contributed by atoms with E-state index in [4.69, 9.17) is 32.7 Å². The summed E-state index contributed by atoms with van der Waals surface area (Å²) in [5.74, 6) is 2.34. The Morgan fingerprint density at radius 3 is 1.39 bits per heavy atom. The first-order chi connectivity index (χ1) is 8.54. The van der Waals surface area contributed by atoms with Crippen molar-refractivity contribution in [3.05, 3.63) is 43.3 Å². The predicted octanol–water partition coefficient (Wildman–Crippen LogP) is 6.42. The van der Waals surface area contributed by atoms with Gasteiger partial charge in [0, 0.05) is 33.2 Å².